The number of rotatable bonds is 3. The number of hydrogen-bond acceptors (Lipinski definition) is 6. The normalized spacial score (nSPS) is 41.1. The summed E-state index contributed by atoms with van der Waals surface area (Å²) in [5, 5.41) is 27.6. The molecular weight excluding hydrogens is 208 g/mol. The summed E-state index contributed by atoms with van der Waals surface area (Å²) in [5.41, 5.74) is 0. The molecule has 5 atom stereocenters. The molecule has 0 aromatic heterocycles. The molecule has 0 radical (unpaired) electrons. The molecule has 0 aromatic rings. The molecule has 0 saturated carbocycles. The quantitative estimate of drug-likeness (QED) is 0.470. The predicted molar refractivity (Wildman–Crippen MR) is 44.9 cm³/mol. The molecule has 7 nitrogen and oxygen atoms in total. The number of aldehydes is 1. The zero-order chi connectivity index (χ0) is 11.6. The van der Waals surface area contributed by atoms with Gasteiger partial charge < -0.3 is 29.6 Å². The Balaban J connectivity index is 2.88. The van der Waals surface area contributed by atoms with Crippen molar-refractivity contribution in [2.75, 3.05) is 7.11 Å². The zero-order valence-electron chi connectivity index (χ0n) is 7.94. The van der Waals surface area contributed by atoms with Crippen LogP contribution in [0.1, 0.15) is 0 Å². The van der Waals surface area contributed by atoms with Crippen LogP contribution >= 0.6 is 0 Å². The minimum absolute atomic E-state index is 0.291. The molecule has 1 heterocycles. The van der Waals surface area contributed by atoms with Gasteiger partial charge in [-0.15, -0.1) is 0 Å². The van der Waals surface area contributed by atoms with Gasteiger partial charge >= 0.3 is 5.97 Å². The number of carboxylic acid groups (broad SMARTS) is 1. The fourth-order valence-electron chi connectivity index (χ4n) is 1.45. The average molecular weight is 220 g/mol. The number of hydrogen-bond donors (Lipinski definition) is 3. The van der Waals surface area contributed by atoms with Gasteiger partial charge in [0, 0.05) is 7.11 Å². The van der Waals surface area contributed by atoms with Crippen molar-refractivity contribution in [2.24, 2.45) is 5.92 Å². The van der Waals surface area contributed by atoms with Crippen molar-refractivity contribution in [3.05, 3.63) is 0 Å². The lowest BCUT2D eigenvalue weighted by Gasteiger charge is -2.37. The molecule has 0 aromatic carbocycles. The number of carboxylic acids is 1. The fraction of sp³-hybridized carbons (Fsp3) is 0.750. The second-order valence-electron chi connectivity index (χ2n) is 3.19. The predicted octanol–water partition coefficient (Wildman–Crippen LogP) is -2.02. The van der Waals surface area contributed by atoms with E-state index in [0.717, 1.165) is 0 Å². The van der Waals surface area contributed by atoms with E-state index < -0.39 is 36.5 Å². The highest BCUT2D eigenvalue weighted by atomic mass is 16.7. The van der Waals surface area contributed by atoms with Crippen LogP contribution in [-0.2, 0) is 19.1 Å². The molecule has 0 unspecified atom stereocenters. The van der Waals surface area contributed by atoms with Gasteiger partial charge in [-0.3, -0.25) is 0 Å². The number of methoxy groups -OCH3 is 1. The minimum atomic E-state index is -1.58. The molecule has 15 heavy (non-hydrogen) atoms. The summed E-state index contributed by atoms with van der Waals surface area (Å²) in [5.74, 6) is -2.65. The van der Waals surface area contributed by atoms with Gasteiger partial charge in [0.1, 0.15) is 18.5 Å². The number of ether oxygens (including phenoxy) is 2. The third kappa shape index (κ3) is 2.15. The molecule has 1 fully saturated rings. The van der Waals surface area contributed by atoms with Crippen molar-refractivity contribution in [3.8, 4) is 0 Å². The maximum absolute atomic E-state index is 10.7. The van der Waals surface area contributed by atoms with Crippen LogP contribution in [0.2, 0.25) is 0 Å². The van der Waals surface area contributed by atoms with E-state index in [0.29, 0.717) is 6.29 Å². The van der Waals surface area contributed by atoms with Gasteiger partial charge in [-0.05, 0) is 0 Å². The second kappa shape index (κ2) is 4.67. The Kier molecular flexibility index (Phi) is 3.75. The maximum atomic E-state index is 10.7. The van der Waals surface area contributed by atoms with Crippen LogP contribution in [0.5, 0.6) is 0 Å². The summed E-state index contributed by atoms with van der Waals surface area (Å²) < 4.78 is 9.43. The average Bonchev–Trinajstić information content (AvgIpc) is 2.18. The van der Waals surface area contributed by atoms with E-state index in [9.17, 15) is 19.8 Å². The highest BCUT2D eigenvalue weighted by Gasteiger charge is 2.47. The lowest BCUT2D eigenvalue weighted by atomic mass is 9.90. The molecule has 1 aliphatic rings. The second-order valence-corrected chi connectivity index (χ2v) is 3.19. The van der Waals surface area contributed by atoms with Crippen LogP contribution in [0.4, 0.5) is 0 Å². The van der Waals surface area contributed by atoms with E-state index in [1.165, 1.54) is 7.11 Å². The third-order valence-corrected chi connectivity index (χ3v) is 2.29. The van der Waals surface area contributed by atoms with Crippen LogP contribution in [0.3, 0.4) is 0 Å². The Hall–Kier alpha value is -1.02. The van der Waals surface area contributed by atoms with Crippen LogP contribution in [0.15, 0.2) is 0 Å². The van der Waals surface area contributed by atoms with E-state index in [1.807, 2.05) is 0 Å². The lowest BCUT2D eigenvalue weighted by molar-refractivity contribution is -0.270. The van der Waals surface area contributed by atoms with Crippen LogP contribution in [0, 0.1) is 5.92 Å². The van der Waals surface area contributed by atoms with Crippen LogP contribution < -0.4 is 0 Å². The Bertz CT molecular complexity index is 251. The standard InChI is InChI=1S/C8H12O7/c1-14-8-5(11)3(2-9)4(10)6(15-8)7(12)13/h2-6,8,10-11H,1H3,(H,12,13)/t3-,4-,5+,6-,8+/m1/s1. The molecule has 0 bridgehead atoms. The smallest absolute Gasteiger partial charge is 0.335 e. The van der Waals surface area contributed by atoms with E-state index >= 15 is 0 Å². The van der Waals surface area contributed by atoms with Crippen molar-refractivity contribution < 1.29 is 34.4 Å². The Morgan fingerprint density at radius 2 is 2.00 bits per heavy atom. The van der Waals surface area contributed by atoms with E-state index in [1.54, 1.807) is 0 Å². The molecule has 1 aliphatic heterocycles. The first-order valence-corrected chi connectivity index (χ1v) is 4.25. The third-order valence-electron chi connectivity index (χ3n) is 2.29. The van der Waals surface area contributed by atoms with Crippen molar-refractivity contribution >= 4 is 12.3 Å². The van der Waals surface area contributed by atoms with E-state index in [2.05, 4.69) is 4.74 Å². The van der Waals surface area contributed by atoms with E-state index in [4.69, 9.17) is 9.84 Å². The highest BCUT2D eigenvalue weighted by Crippen LogP contribution is 2.25. The Labute approximate surface area is 85.2 Å². The highest BCUT2D eigenvalue weighted by molar-refractivity contribution is 5.74. The SMILES string of the molecule is CO[C@H]1O[C@@H](C(=O)O)[C@H](O)[C@@H](C=O)[C@@H]1O. The van der Waals surface area contributed by atoms with Crippen LogP contribution in [-0.4, -0.2) is 59.3 Å². The van der Waals surface area contributed by atoms with Gasteiger partial charge in [-0.1, -0.05) is 0 Å². The molecule has 0 amide bonds. The summed E-state index contributed by atoms with van der Waals surface area (Å²) in [7, 11) is 1.20. The first-order valence-electron chi connectivity index (χ1n) is 4.25. The molecule has 86 valence electrons. The maximum Gasteiger partial charge on any atom is 0.335 e. The molecule has 0 aliphatic carbocycles. The Morgan fingerprint density at radius 3 is 2.40 bits per heavy atom. The zero-order valence-corrected chi connectivity index (χ0v) is 7.94. The van der Waals surface area contributed by atoms with Gasteiger partial charge in [0.25, 0.3) is 0 Å². The first-order chi connectivity index (χ1) is 7.02. The molecule has 0 spiro atoms. The van der Waals surface area contributed by atoms with Gasteiger partial charge in [-0.25, -0.2) is 4.79 Å². The lowest BCUT2D eigenvalue weighted by Crippen LogP contribution is -2.57. The van der Waals surface area contributed by atoms with Gasteiger partial charge in [0.2, 0.25) is 0 Å². The minimum Gasteiger partial charge on any atom is -0.479 e. The van der Waals surface area contributed by atoms with Gasteiger partial charge in [-0.2, -0.15) is 0 Å². The summed E-state index contributed by atoms with van der Waals surface area (Å²) in [6, 6.07) is 0. The van der Waals surface area contributed by atoms with Gasteiger partial charge in [0.15, 0.2) is 12.4 Å². The molecule has 1 rings (SSSR count). The van der Waals surface area contributed by atoms with Crippen LogP contribution in [0.25, 0.3) is 0 Å². The van der Waals surface area contributed by atoms with Crippen molar-refractivity contribution in [2.45, 2.75) is 24.6 Å². The Morgan fingerprint density at radius 1 is 1.40 bits per heavy atom. The summed E-state index contributed by atoms with van der Waals surface area (Å²) >= 11 is 0. The largest absolute Gasteiger partial charge is 0.479 e. The number of aliphatic carboxylic acids is 1. The number of aliphatic hydroxyl groups excluding tert-OH is 2. The summed E-state index contributed by atoms with van der Waals surface area (Å²) in [6.45, 7) is 0. The molecular formula is C8H12O7. The number of aliphatic hydroxyl groups is 2. The molecule has 1 saturated heterocycles. The van der Waals surface area contributed by atoms with Crippen molar-refractivity contribution in [1.29, 1.82) is 0 Å². The van der Waals surface area contributed by atoms with Gasteiger partial charge in [0.05, 0.1) is 5.92 Å². The molecule has 7 heteroatoms. The van der Waals surface area contributed by atoms with Crippen molar-refractivity contribution in [1.82, 2.24) is 0 Å². The van der Waals surface area contributed by atoms with E-state index in [-0.39, 0.29) is 0 Å². The topological polar surface area (TPSA) is 113 Å². The van der Waals surface area contributed by atoms with Crippen molar-refractivity contribution in [3.63, 3.8) is 0 Å². The number of carbonyl (C=O) groups excluding carboxylic acids is 1. The number of carbonyl (C=O) groups is 2. The monoisotopic (exact) mass is 220 g/mol. The summed E-state index contributed by atoms with van der Waals surface area (Å²) in [6.07, 6.45) is -5.47. The summed E-state index contributed by atoms with van der Waals surface area (Å²) in [4.78, 5) is 21.2. The first kappa shape index (κ1) is 12.1. The fourth-order valence-corrected chi connectivity index (χ4v) is 1.45. The molecule has 3 N–H and O–H groups in total.